The van der Waals surface area contributed by atoms with Crippen LogP contribution < -0.4 is 20.7 Å². The SMILES string of the molecule is COc1ccc(C(OC[C@H]2CC[C@H](n3cc(C)c(=O)n(C/C=C(\C)CCC=C(C)C)c3=O)O2)(c2ccccc2)c2ccc(OC)cc2)cc1. The van der Waals surface area contributed by atoms with Gasteiger partial charge in [-0.1, -0.05) is 77.9 Å². The zero-order valence-corrected chi connectivity index (χ0v) is 29.5. The standard InChI is InChI=1S/C41H48N2O6/c1-29(2)11-10-12-30(3)25-26-42-39(44)31(4)27-43(40(42)45)38-24-23-37(49-38)28-48-41(32-13-8-7-9-14-32,33-15-19-35(46-5)20-16-33)34-17-21-36(47-6)22-18-34/h7-9,11,13-22,25,27,37-38H,10,12,23-24,26,28H2,1-6H3/b30-25+/t37-,38-/m1/s1. The summed E-state index contributed by atoms with van der Waals surface area (Å²) in [6, 6.07) is 26.0. The summed E-state index contributed by atoms with van der Waals surface area (Å²) >= 11 is 0. The summed E-state index contributed by atoms with van der Waals surface area (Å²) < 4.78 is 27.4. The molecule has 258 valence electrons. The first-order chi connectivity index (χ1) is 23.7. The van der Waals surface area contributed by atoms with Crippen molar-refractivity contribution in [1.82, 2.24) is 9.13 Å². The molecule has 0 spiro atoms. The number of hydrogen-bond acceptors (Lipinski definition) is 6. The predicted molar refractivity (Wildman–Crippen MR) is 194 cm³/mol. The summed E-state index contributed by atoms with van der Waals surface area (Å²) in [6.07, 6.45) is 8.11. The van der Waals surface area contributed by atoms with E-state index in [1.807, 2.05) is 79.7 Å². The molecule has 1 saturated heterocycles. The topological polar surface area (TPSA) is 80.9 Å². The lowest BCUT2D eigenvalue weighted by Gasteiger charge is -2.37. The van der Waals surface area contributed by atoms with Crippen LogP contribution in [0.25, 0.3) is 0 Å². The molecular weight excluding hydrogens is 616 g/mol. The van der Waals surface area contributed by atoms with Gasteiger partial charge in [-0.3, -0.25) is 13.9 Å². The van der Waals surface area contributed by atoms with Crippen LogP contribution in [0.1, 0.15) is 74.9 Å². The summed E-state index contributed by atoms with van der Waals surface area (Å²) in [6.45, 7) is 8.44. The zero-order valence-electron chi connectivity index (χ0n) is 29.5. The van der Waals surface area contributed by atoms with E-state index in [1.54, 1.807) is 31.9 Å². The third kappa shape index (κ3) is 8.15. The van der Waals surface area contributed by atoms with Crippen molar-refractivity contribution >= 4 is 0 Å². The molecule has 5 rings (SSSR count). The van der Waals surface area contributed by atoms with Crippen molar-refractivity contribution in [2.45, 2.75) is 77.9 Å². The van der Waals surface area contributed by atoms with Gasteiger partial charge in [-0.05, 0) is 94.3 Å². The molecule has 2 atom stereocenters. The summed E-state index contributed by atoms with van der Waals surface area (Å²) in [4.78, 5) is 26.8. The van der Waals surface area contributed by atoms with E-state index in [0.717, 1.165) is 46.6 Å². The molecule has 0 aliphatic carbocycles. The number of nitrogens with zero attached hydrogens (tertiary/aromatic N) is 2. The molecule has 49 heavy (non-hydrogen) atoms. The Morgan fingerprint density at radius 1 is 0.837 bits per heavy atom. The second-order valence-corrected chi connectivity index (χ2v) is 12.9. The highest BCUT2D eigenvalue weighted by molar-refractivity contribution is 5.49. The molecular formula is C41H48N2O6. The maximum absolute atomic E-state index is 13.7. The summed E-state index contributed by atoms with van der Waals surface area (Å²) in [5.41, 5.74) is 4.12. The average Bonchev–Trinajstić information content (AvgIpc) is 3.59. The zero-order chi connectivity index (χ0) is 35.0. The fraction of sp³-hybridized carbons (Fsp3) is 0.366. The minimum Gasteiger partial charge on any atom is -0.497 e. The van der Waals surface area contributed by atoms with Crippen LogP contribution in [-0.2, 0) is 21.6 Å². The van der Waals surface area contributed by atoms with Crippen LogP contribution in [0, 0.1) is 6.92 Å². The number of aryl methyl sites for hydroxylation is 1. The number of hydrogen-bond donors (Lipinski definition) is 0. The maximum Gasteiger partial charge on any atom is 0.333 e. The molecule has 1 aliphatic heterocycles. The number of benzene rings is 3. The van der Waals surface area contributed by atoms with Gasteiger partial charge >= 0.3 is 5.69 Å². The van der Waals surface area contributed by atoms with Gasteiger partial charge in [0.05, 0.1) is 26.9 Å². The average molecular weight is 665 g/mol. The summed E-state index contributed by atoms with van der Waals surface area (Å²) in [5.74, 6) is 1.50. The van der Waals surface area contributed by atoms with Gasteiger partial charge in [0.1, 0.15) is 23.3 Å². The third-order valence-electron chi connectivity index (χ3n) is 9.14. The molecule has 0 N–H and O–H groups in total. The normalized spacial score (nSPS) is 16.4. The van der Waals surface area contributed by atoms with Crippen molar-refractivity contribution in [3.63, 3.8) is 0 Å². The van der Waals surface area contributed by atoms with Crippen molar-refractivity contribution < 1.29 is 18.9 Å². The molecule has 4 aromatic rings. The Hall–Kier alpha value is -4.66. The Labute approximate surface area is 289 Å². The third-order valence-corrected chi connectivity index (χ3v) is 9.14. The van der Waals surface area contributed by atoms with Crippen molar-refractivity contribution in [3.05, 3.63) is 151 Å². The summed E-state index contributed by atoms with van der Waals surface area (Å²) in [5, 5.41) is 0. The minimum atomic E-state index is -0.974. The molecule has 8 heteroatoms. The van der Waals surface area contributed by atoms with Gasteiger partial charge in [0.25, 0.3) is 5.56 Å². The first-order valence-electron chi connectivity index (χ1n) is 16.9. The smallest absolute Gasteiger partial charge is 0.333 e. The van der Waals surface area contributed by atoms with E-state index < -0.39 is 11.8 Å². The fourth-order valence-electron chi connectivity index (χ4n) is 6.37. The number of rotatable bonds is 14. The van der Waals surface area contributed by atoms with E-state index in [2.05, 4.69) is 32.1 Å². The lowest BCUT2D eigenvalue weighted by molar-refractivity contribution is -0.0776. The van der Waals surface area contributed by atoms with E-state index in [4.69, 9.17) is 18.9 Å². The van der Waals surface area contributed by atoms with Gasteiger partial charge in [0.15, 0.2) is 0 Å². The molecule has 8 nitrogen and oxygen atoms in total. The van der Waals surface area contributed by atoms with Crippen molar-refractivity contribution in [1.29, 1.82) is 0 Å². The molecule has 0 unspecified atom stereocenters. The number of allylic oxidation sites excluding steroid dienone is 4. The molecule has 0 bridgehead atoms. The van der Waals surface area contributed by atoms with Gasteiger partial charge < -0.3 is 18.9 Å². The van der Waals surface area contributed by atoms with Gasteiger partial charge in [-0.15, -0.1) is 0 Å². The first kappa shape index (κ1) is 35.6. The Balaban J connectivity index is 1.42. The van der Waals surface area contributed by atoms with Gasteiger partial charge in [0.2, 0.25) is 0 Å². The molecule has 0 saturated carbocycles. The first-order valence-corrected chi connectivity index (χ1v) is 16.9. The van der Waals surface area contributed by atoms with Crippen molar-refractivity contribution in [2.24, 2.45) is 0 Å². The van der Waals surface area contributed by atoms with Crippen LogP contribution in [0.15, 0.2) is 118 Å². The van der Waals surface area contributed by atoms with Crippen LogP contribution in [0.4, 0.5) is 0 Å². The second-order valence-electron chi connectivity index (χ2n) is 12.9. The number of ether oxygens (including phenoxy) is 4. The van der Waals surface area contributed by atoms with E-state index in [0.29, 0.717) is 18.4 Å². The minimum absolute atomic E-state index is 0.225. The molecule has 0 radical (unpaired) electrons. The van der Waals surface area contributed by atoms with Gasteiger partial charge in [-0.2, -0.15) is 0 Å². The highest BCUT2D eigenvalue weighted by Crippen LogP contribution is 2.42. The number of aromatic nitrogens is 2. The monoisotopic (exact) mass is 664 g/mol. The van der Waals surface area contributed by atoms with Gasteiger partial charge in [-0.25, -0.2) is 4.79 Å². The Morgan fingerprint density at radius 3 is 2.00 bits per heavy atom. The highest BCUT2D eigenvalue weighted by atomic mass is 16.6. The molecule has 1 aromatic heterocycles. The van der Waals surface area contributed by atoms with Crippen molar-refractivity contribution in [2.75, 3.05) is 20.8 Å². The molecule has 0 amide bonds. The second kappa shape index (κ2) is 16.2. The van der Waals surface area contributed by atoms with E-state index >= 15 is 0 Å². The molecule has 3 aromatic carbocycles. The van der Waals surface area contributed by atoms with Crippen molar-refractivity contribution in [3.8, 4) is 11.5 Å². The Kier molecular flexibility index (Phi) is 11.8. The lowest BCUT2D eigenvalue weighted by atomic mass is 9.80. The predicted octanol–water partition coefficient (Wildman–Crippen LogP) is 7.71. The fourth-order valence-corrected chi connectivity index (χ4v) is 6.37. The van der Waals surface area contributed by atoms with Crippen LogP contribution in [0.5, 0.6) is 11.5 Å². The Bertz CT molecular complexity index is 1820. The largest absolute Gasteiger partial charge is 0.497 e. The number of methoxy groups -OCH3 is 2. The van der Waals surface area contributed by atoms with Crippen LogP contribution >= 0.6 is 0 Å². The Morgan fingerprint density at radius 2 is 1.43 bits per heavy atom. The van der Waals surface area contributed by atoms with E-state index in [9.17, 15) is 9.59 Å². The quantitative estimate of drug-likeness (QED) is 0.102. The highest BCUT2D eigenvalue weighted by Gasteiger charge is 2.40. The van der Waals surface area contributed by atoms with E-state index in [1.165, 1.54) is 10.1 Å². The summed E-state index contributed by atoms with van der Waals surface area (Å²) in [7, 11) is 3.30. The molecule has 1 aliphatic rings. The lowest BCUT2D eigenvalue weighted by Crippen LogP contribution is -2.42. The van der Waals surface area contributed by atoms with Crippen LogP contribution in [0.3, 0.4) is 0 Å². The van der Waals surface area contributed by atoms with E-state index in [-0.39, 0.29) is 30.5 Å². The molecule has 1 fully saturated rings. The molecule has 2 heterocycles. The maximum atomic E-state index is 13.7. The van der Waals surface area contributed by atoms with Crippen LogP contribution in [-0.4, -0.2) is 36.1 Å². The van der Waals surface area contributed by atoms with Gasteiger partial charge in [0, 0.05) is 18.3 Å². The van der Waals surface area contributed by atoms with Crippen LogP contribution in [0.2, 0.25) is 0 Å².